The first kappa shape index (κ1) is 11.7. The number of aromatic nitrogens is 1. The van der Waals surface area contributed by atoms with Crippen molar-refractivity contribution in [1.29, 1.82) is 0 Å². The fraction of sp³-hybridized carbons (Fsp3) is 0.417. The van der Waals surface area contributed by atoms with Gasteiger partial charge in [-0.15, -0.1) is 11.6 Å². The van der Waals surface area contributed by atoms with Gasteiger partial charge in [0.1, 0.15) is 5.00 Å². The van der Waals surface area contributed by atoms with Crippen LogP contribution in [0.2, 0.25) is 0 Å². The van der Waals surface area contributed by atoms with Crippen molar-refractivity contribution in [3.05, 3.63) is 24.3 Å². The van der Waals surface area contributed by atoms with Crippen molar-refractivity contribution in [2.45, 2.75) is 19.9 Å². The zero-order valence-electron chi connectivity index (χ0n) is 9.40. The highest BCUT2D eigenvalue weighted by Crippen LogP contribution is 2.28. The number of benzene rings is 1. The third-order valence-electron chi connectivity index (χ3n) is 2.84. The van der Waals surface area contributed by atoms with Crippen LogP contribution in [0, 0.1) is 5.92 Å². The molecule has 1 aromatic carbocycles. The molecule has 2 atom stereocenters. The SMILES string of the molecule is CC(CCl)C(C)Nc1snc2ccccc12. The summed E-state index contributed by atoms with van der Waals surface area (Å²) in [4.78, 5) is 0. The number of hydrogen-bond acceptors (Lipinski definition) is 3. The molecular formula is C12H15ClN2S. The van der Waals surface area contributed by atoms with Gasteiger partial charge in [0.2, 0.25) is 0 Å². The van der Waals surface area contributed by atoms with E-state index in [4.69, 9.17) is 11.6 Å². The Morgan fingerprint density at radius 2 is 2.12 bits per heavy atom. The summed E-state index contributed by atoms with van der Waals surface area (Å²) in [7, 11) is 0. The van der Waals surface area contributed by atoms with Gasteiger partial charge in [0.15, 0.2) is 0 Å². The molecule has 0 saturated carbocycles. The highest BCUT2D eigenvalue weighted by atomic mass is 35.5. The number of nitrogens with zero attached hydrogens (tertiary/aromatic N) is 1. The molecule has 0 bridgehead atoms. The Morgan fingerprint density at radius 1 is 1.38 bits per heavy atom. The topological polar surface area (TPSA) is 24.9 Å². The van der Waals surface area contributed by atoms with Crippen molar-refractivity contribution in [3.8, 4) is 0 Å². The van der Waals surface area contributed by atoms with Crippen LogP contribution < -0.4 is 5.32 Å². The lowest BCUT2D eigenvalue weighted by molar-refractivity contribution is 0.567. The molecule has 1 aromatic heterocycles. The quantitative estimate of drug-likeness (QED) is 0.835. The largest absolute Gasteiger partial charge is 0.372 e. The predicted octanol–water partition coefficient (Wildman–Crippen LogP) is 3.97. The van der Waals surface area contributed by atoms with Crippen molar-refractivity contribution in [2.75, 3.05) is 11.2 Å². The van der Waals surface area contributed by atoms with Crippen LogP contribution in [0.4, 0.5) is 5.00 Å². The first-order valence-electron chi connectivity index (χ1n) is 5.39. The first-order valence-corrected chi connectivity index (χ1v) is 6.70. The third-order valence-corrected chi connectivity index (χ3v) is 4.13. The summed E-state index contributed by atoms with van der Waals surface area (Å²) in [6, 6.07) is 8.54. The van der Waals surface area contributed by atoms with Gasteiger partial charge in [-0.05, 0) is 36.5 Å². The molecule has 1 heterocycles. The molecule has 2 unspecified atom stereocenters. The van der Waals surface area contributed by atoms with E-state index in [2.05, 4.69) is 29.6 Å². The number of fused-ring (bicyclic) bond motifs is 1. The Morgan fingerprint density at radius 3 is 2.88 bits per heavy atom. The van der Waals surface area contributed by atoms with Crippen molar-refractivity contribution >= 4 is 39.0 Å². The molecule has 0 aliphatic heterocycles. The van der Waals surface area contributed by atoms with Gasteiger partial charge in [0.05, 0.1) is 5.52 Å². The van der Waals surface area contributed by atoms with Crippen LogP contribution in [0.5, 0.6) is 0 Å². The molecule has 2 rings (SSSR count). The zero-order chi connectivity index (χ0) is 11.5. The zero-order valence-corrected chi connectivity index (χ0v) is 11.0. The van der Waals surface area contributed by atoms with Crippen LogP contribution in [0.15, 0.2) is 24.3 Å². The fourth-order valence-corrected chi connectivity index (χ4v) is 2.60. The van der Waals surface area contributed by atoms with Gasteiger partial charge in [-0.3, -0.25) is 0 Å². The molecule has 0 spiro atoms. The number of alkyl halides is 1. The summed E-state index contributed by atoms with van der Waals surface area (Å²) < 4.78 is 4.40. The fourth-order valence-electron chi connectivity index (χ4n) is 1.48. The van der Waals surface area contributed by atoms with E-state index in [9.17, 15) is 0 Å². The summed E-state index contributed by atoms with van der Waals surface area (Å²) in [6.07, 6.45) is 0. The van der Waals surface area contributed by atoms with Gasteiger partial charge in [0.25, 0.3) is 0 Å². The second-order valence-electron chi connectivity index (χ2n) is 4.09. The van der Waals surface area contributed by atoms with Gasteiger partial charge in [0, 0.05) is 17.3 Å². The van der Waals surface area contributed by atoms with Gasteiger partial charge in [-0.2, -0.15) is 4.37 Å². The highest BCUT2D eigenvalue weighted by Gasteiger charge is 2.13. The normalized spacial score (nSPS) is 14.9. The summed E-state index contributed by atoms with van der Waals surface area (Å²) in [5.41, 5.74) is 1.06. The molecule has 2 nitrogen and oxygen atoms in total. The predicted molar refractivity (Wildman–Crippen MR) is 72.6 cm³/mol. The van der Waals surface area contributed by atoms with E-state index < -0.39 is 0 Å². The van der Waals surface area contributed by atoms with Gasteiger partial charge in [-0.1, -0.05) is 19.1 Å². The Kier molecular flexibility index (Phi) is 3.66. The van der Waals surface area contributed by atoms with E-state index >= 15 is 0 Å². The number of nitrogens with one attached hydrogen (secondary N) is 1. The van der Waals surface area contributed by atoms with Crippen LogP contribution in [0.3, 0.4) is 0 Å². The van der Waals surface area contributed by atoms with Gasteiger partial charge >= 0.3 is 0 Å². The summed E-state index contributed by atoms with van der Waals surface area (Å²) in [6.45, 7) is 4.30. The number of anilines is 1. The number of hydrogen-bond donors (Lipinski definition) is 1. The van der Waals surface area contributed by atoms with Crippen LogP contribution in [-0.2, 0) is 0 Å². The van der Waals surface area contributed by atoms with E-state index in [1.165, 1.54) is 16.9 Å². The third kappa shape index (κ3) is 2.30. The van der Waals surface area contributed by atoms with Crippen molar-refractivity contribution in [2.24, 2.45) is 5.92 Å². The monoisotopic (exact) mass is 254 g/mol. The molecule has 0 fully saturated rings. The highest BCUT2D eigenvalue weighted by molar-refractivity contribution is 7.11. The molecule has 0 amide bonds. The molecule has 4 heteroatoms. The average molecular weight is 255 g/mol. The second kappa shape index (κ2) is 5.02. The molecule has 2 aromatic rings. The van der Waals surface area contributed by atoms with Gasteiger partial charge < -0.3 is 5.32 Å². The second-order valence-corrected chi connectivity index (χ2v) is 5.18. The number of rotatable bonds is 4. The van der Waals surface area contributed by atoms with Crippen molar-refractivity contribution in [3.63, 3.8) is 0 Å². The van der Waals surface area contributed by atoms with E-state index in [1.807, 2.05) is 18.2 Å². The lowest BCUT2D eigenvalue weighted by Crippen LogP contribution is -2.24. The summed E-state index contributed by atoms with van der Waals surface area (Å²) in [5, 5.41) is 5.82. The standard InChI is InChI=1S/C12H15ClN2S/c1-8(7-13)9(2)14-12-10-5-3-4-6-11(10)15-16-12/h3-6,8-9,14H,7H2,1-2H3. The maximum Gasteiger partial charge on any atom is 0.117 e. The lowest BCUT2D eigenvalue weighted by atomic mass is 10.1. The van der Waals surface area contributed by atoms with E-state index in [0.717, 1.165) is 10.5 Å². The van der Waals surface area contributed by atoms with Gasteiger partial charge in [-0.25, -0.2) is 0 Å². The summed E-state index contributed by atoms with van der Waals surface area (Å²) in [5.74, 6) is 1.12. The van der Waals surface area contributed by atoms with Crippen LogP contribution in [0.1, 0.15) is 13.8 Å². The molecular weight excluding hydrogens is 240 g/mol. The van der Waals surface area contributed by atoms with E-state index in [1.54, 1.807) is 0 Å². The minimum absolute atomic E-state index is 0.362. The first-order chi connectivity index (χ1) is 7.72. The molecule has 1 N–H and O–H groups in total. The minimum atomic E-state index is 0.362. The Labute approximate surface area is 105 Å². The van der Waals surface area contributed by atoms with Crippen LogP contribution in [0.25, 0.3) is 10.9 Å². The maximum atomic E-state index is 5.85. The van der Waals surface area contributed by atoms with Crippen LogP contribution >= 0.6 is 23.1 Å². The maximum absolute atomic E-state index is 5.85. The summed E-state index contributed by atoms with van der Waals surface area (Å²) >= 11 is 7.37. The molecule has 0 aliphatic carbocycles. The molecule has 16 heavy (non-hydrogen) atoms. The molecule has 0 radical (unpaired) electrons. The van der Waals surface area contributed by atoms with E-state index in [-0.39, 0.29) is 0 Å². The Balaban J connectivity index is 2.21. The molecule has 86 valence electrons. The van der Waals surface area contributed by atoms with E-state index in [0.29, 0.717) is 17.8 Å². The van der Waals surface area contributed by atoms with Crippen molar-refractivity contribution < 1.29 is 0 Å². The molecule has 0 aliphatic rings. The lowest BCUT2D eigenvalue weighted by Gasteiger charge is -2.19. The van der Waals surface area contributed by atoms with Crippen molar-refractivity contribution in [1.82, 2.24) is 4.37 Å². The minimum Gasteiger partial charge on any atom is -0.372 e. The Bertz CT molecular complexity index is 469. The smallest absolute Gasteiger partial charge is 0.117 e. The molecule has 0 saturated heterocycles. The number of halogens is 1. The average Bonchev–Trinajstić information content (AvgIpc) is 2.72. The van der Waals surface area contributed by atoms with Crippen LogP contribution in [-0.4, -0.2) is 16.3 Å². The Hall–Kier alpha value is -0.800.